The van der Waals surface area contributed by atoms with Crippen molar-refractivity contribution in [2.45, 2.75) is 33.1 Å². The van der Waals surface area contributed by atoms with Crippen LogP contribution in [0.15, 0.2) is 36.4 Å². The van der Waals surface area contributed by atoms with Crippen molar-refractivity contribution in [3.63, 3.8) is 0 Å². The molecular weight excluding hydrogens is 414 g/mol. The lowest BCUT2D eigenvalue weighted by molar-refractivity contribution is -0.390. The van der Waals surface area contributed by atoms with Crippen molar-refractivity contribution in [2.75, 3.05) is 13.4 Å². The van der Waals surface area contributed by atoms with Gasteiger partial charge in [-0.2, -0.15) is 0 Å². The number of aromatic nitrogens is 2. The Hall–Kier alpha value is -3.28. The van der Waals surface area contributed by atoms with E-state index in [0.717, 1.165) is 21.0 Å². The highest BCUT2D eigenvalue weighted by Crippen LogP contribution is 2.27. The molecule has 0 N–H and O–H groups in total. The summed E-state index contributed by atoms with van der Waals surface area (Å²) in [7, 11) is 0. The SMILES string of the molecule is CCOCOc1ccc2nc(C=CC#Cc3ccc(C(C)(C)C)nc3[N+](=O)[O-])sc2c1. The van der Waals surface area contributed by atoms with Crippen LogP contribution in [0, 0.1) is 22.0 Å². The van der Waals surface area contributed by atoms with Crippen molar-refractivity contribution in [1.29, 1.82) is 0 Å². The van der Waals surface area contributed by atoms with E-state index in [-0.39, 0.29) is 23.6 Å². The monoisotopic (exact) mass is 437 g/mol. The number of pyridine rings is 1. The van der Waals surface area contributed by atoms with E-state index < -0.39 is 4.92 Å². The van der Waals surface area contributed by atoms with E-state index in [1.165, 1.54) is 11.3 Å². The summed E-state index contributed by atoms with van der Waals surface area (Å²) in [6.07, 6.45) is 3.41. The average molecular weight is 438 g/mol. The van der Waals surface area contributed by atoms with Gasteiger partial charge in [0, 0.05) is 12.0 Å². The third-order valence-corrected chi connectivity index (χ3v) is 5.21. The molecule has 3 rings (SSSR count). The first-order chi connectivity index (χ1) is 14.8. The van der Waals surface area contributed by atoms with Crippen LogP contribution in [0.3, 0.4) is 0 Å². The second kappa shape index (κ2) is 9.69. The van der Waals surface area contributed by atoms with Crippen LogP contribution in [0.5, 0.6) is 5.75 Å². The third kappa shape index (κ3) is 5.87. The van der Waals surface area contributed by atoms with Crippen molar-refractivity contribution >= 4 is 33.4 Å². The first-order valence-electron chi connectivity index (χ1n) is 9.73. The molecule has 8 heteroatoms. The minimum atomic E-state index is -0.498. The summed E-state index contributed by atoms with van der Waals surface area (Å²) in [4.78, 5) is 19.6. The maximum Gasteiger partial charge on any atom is 0.379 e. The number of benzene rings is 1. The Balaban J connectivity index is 1.77. The molecule has 160 valence electrons. The summed E-state index contributed by atoms with van der Waals surface area (Å²) in [5, 5.41) is 12.2. The number of allylic oxidation sites excluding steroid dienone is 1. The second-order valence-corrected chi connectivity index (χ2v) is 8.68. The molecular formula is C23H23N3O4S. The number of hydrogen-bond acceptors (Lipinski definition) is 7. The molecule has 0 amide bonds. The minimum Gasteiger partial charge on any atom is -0.468 e. The Labute approximate surface area is 184 Å². The van der Waals surface area contributed by atoms with Crippen LogP contribution in [0.4, 0.5) is 5.82 Å². The quantitative estimate of drug-likeness (QED) is 0.170. The van der Waals surface area contributed by atoms with Crippen molar-refractivity contribution in [1.82, 2.24) is 9.97 Å². The summed E-state index contributed by atoms with van der Waals surface area (Å²) in [6, 6.07) is 9.08. The lowest BCUT2D eigenvalue weighted by Gasteiger charge is -2.13. The van der Waals surface area contributed by atoms with Gasteiger partial charge in [-0.1, -0.05) is 32.6 Å². The van der Waals surface area contributed by atoms with E-state index in [1.807, 2.05) is 45.9 Å². The number of hydrogen-bond donors (Lipinski definition) is 0. The summed E-state index contributed by atoms with van der Waals surface area (Å²) in [5.74, 6) is 6.15. The summed E-state index contributed by atoms with van der Waals surface area (Å²) >= 11 is 1.50. The van der Waals surface area contributed by atoms with Crippen molar-refractivity contribution in [3.8, 4) is 17.6 Å². The number of ether oxygens (including phenoxy) is 2. The molecule has 1 aromatic carbocycles. The van der Waals surface area contributed by atoms with Gasteiger partial charge in [-0.3, -0.25) is 0 Å². The van der Waals surface area contributed by atoms with E-state index >= 15 is 0 Å². The topological polar surface area (TPSA) is 87.4 Å². The maximum absolute atomic E-state index is 11.4. The lowest BCUT2D eigenvalue weighted by Crippen LogP contribution is -2.14. The van der Waals surface area contributed by atoms with Gasteiger partial charge in [-0.15, -0.1) is 11.3 Å². The minimum absolute atomic E-state index is 0.209. The molecule has 2 heterocycles. The fraction of sp³-hybridized carbons (Fsp3) is 0.304. The fourth-order valence-electron chi connectivity index (χ4n) is 2.61. The predicted octanol–water partition coefficient (Wildman–Crippen LogP) is 5.33. The van der Waals surface area contributed by atoms with Crippen LogP contribution in [-0.4, -0.2) is 28.3 Å². The van der Waals surface area contributed by atoms with Gasteiger partial charge in [-0.25, -0.2) is 4.98 Å². The highest BCUT2D eigenvalue weighted by atomic mass is 32.1. The number of rotatable bonds is 6. The van der Waals surface area contributed by atoms with Gasteiger partial charge in [0.2, 0.25) is 0 Å². The Bertz CT molecular complexity index is 1180. The normalized spacial score (nSPS) is 11.5. The molecule has 0 saturated heterocycles. The zero-order chi connectivity index (χ0) is 22.4. The number of thiazole rings is 1. The van der Waals surface area contributed by atoms with Gasteiger partial charge >= 0.3 is 5.82 Å². The van der Waals surface area contributed by atoms with Crippen molar-refractivity contribution < 1.29 is 14.4 Å². The van der Waals surface area contributed by atoms with E-state index in [9.17, 15) is 10.1 Å². The number of fused-ring (bicyclic) bond motifs is 1. The van der Waals surface area contributed by atoms with Gasteiger partial charge in [0.1, 0.15) is 16.3 Å². The van der Waals surface area contributed by atoms with Gasteiger partial charge in [0.25, 0.3) is 0 Å². The zero-order valence-corrected chi connectivity index (χ0v) is 18.7. The second-order valence-electron chi connectivity index (χ2n) is 7.61. The Morgan fingerprint density at radius 3 is 2.74 bits per heavy atom. The molecule has 2 aromatic heterocycles. The molecule has 0 aliphatic rings. The highest BCUT2D eigenvalue weighted by Gasteiger charge is 2.24. The smallest absolute Gasteiger partial charge is 0.379 e. The lowest BCUT2D eigenvalue weighted by atomic mass is 9.91. The van der Waals surface area contributed by atoms with Gasteiger partial charge in [0.05, 0.1) is 10.2 Å². The molecule has 0 spiro atoms. The number of nitro groups is 1. The number of nitrogens with zero attached hydrogens (tertiary/aromatic N) is 3. The molecule has 0 saturated carbocycles. The standard InChI is InChI=1S/C23H23N3O4S/c1-5-29-15-30-17-11-12-18-19(14-17)31-21(24-18)9-7-6-8-16-10-13-20(23(2,3)4)25-22(16)26(27)28/h7,9-14H,5,15H2,1-4H3. The summed E-state index contributed by atoms with van der Waals surface area (Å²) < 4.78 is 11.7. The molecule has 0 unspecified atom stereocenters. The maximum atomic E-state index is 11.4. The fourth-order valence-corrected chi connectivity index (χ4v) is 3.51. The molecule has 0 atom stereocenters. The Kier molecular flexibility index (Phi) is 7.00. The summed E-state index contributed by atoms with van der Waals surface area (Å²) in [6.45, 7) is 8.59. The van der Waals surface area contributed by atoms with E-state index in [1.54, 1.807) is 24.3 Å². The predicted molar refractivity (Wildman–Crippen MR) is 122 cm³/mol. The summed E-state index contributed by atoms with van der Waals surface area (Å²) in [5.41, 5.74) is 1.51. The molecule has 0 fully saturated rings. The Morgan fingerprint density at radius 2 is 2.03 bits per heavy atom. The van der Waals surface area contributed by atoms with Crippen molar-refractivity contribution in [2.24, 2.45) is 0 Å². The van der Waals surface area contributed by atoms with Crippen LogP contribution in [-0.2, 0) is 10.2 Å². The van der Waals surface area contributed by atoms with Gasteiger partial charge in [0.15, 0.2) is 12.5 Å². The Morgan fingerprint density at radius 1 is 1.23 bits per heavy atom. The van der Waals surface area contributed by atoms with E-state index in [2.05, 4.69) is 21.8 Å². The van der Waals surface area contributed by atoms with Gasteiger partial charge < -0.3 is 19.6 Å². The molecule has 0 bridgehead atoms. The third-order valence-electron chi connectivity index (χ3n) is 4.22. The van der Waals surface area contributed by atoms with Crippen LogP contribution in [0.25, 0.3) is 16.3 Å². The van der Waals surface area contributed by atoms with Crippen LogP contribution >= 0.6 is 11.3 Å². The van der Waals surface area contributed by atoms with Crippen molar-refractivity contribution in [3.05, 3.63) is 62.8 Å². The van der Waals surface area contributed by atoms with E-state index in [4.69, 9.17) is 9.47 Å². The molecule has 0 radical (unpaired) electrons. The van der Waals surface area contributed by atoms with Gasteiger partial charge in [-0.05, 0) is 59.3 Å². The first kappa shape index (κ1) is 22.4. The van der Waals surface area contributed by atoms with Crippen LogP contribution in [0.2, 0.25) is 0 Å². The largest absolute Gasteiger partial charge is 0.468 e. The molecule has 7 nitrogen and oxygen atoms in total. The molecule has 3 aromatic rings. The van der Waals surface area contributed by atoms with Crippen LogP contribution < -0.4 is 4.74 Å². The van der Waals surface area contributed by atoms with Crippen LogP contribution in [0.1, 0.15) is 44.0 Å². The zero-order valence-electron chi connectivity index (χ0n) is 17.8. The molecule has 0 aliphatic heterocycles. The molecule has 31 heavy (non-hydrogen) atoms. The van der Waals surface area contributed by atoms with E-state index in [0.29, 0.717) is 12.3 Å². The molecule has 0 aliphatic carbocycles. The highest BCUT2D eigenvalue weighted by molar-refractivity contribution is 7.19. The average Bonchev–Trinajstić information content (AvgIpc) is 3.12. The first-order valence-corrected chi connectivity index (χ1v) is 10.5.